The molecule has 2 atom stereocenters. The molecule has 1 aliphatic rings. The molecule has 0 fully saturated rings. The molecule has 2 aromatic carbocycles. The number of carbonyl (C=O) groups excluding carboxylic acids is 1. The van der Waals surface area contributed by atoms with Crippen molar-refractivity contribution in [3.63, 3.8) is 0 Å². The monoisotopic (exact) mass is 414 g/mol. The average molecular weight is 415 g/mol. The van der Waals surface area contributed by atoms with Crippen molar-refractivity contribution < 1.29 is 13.2 Å². The third-order valence-electron chi connectivity index (χ3n) is 5.60. The SMILES string of the molecule is CC[C@H](C(=O)N[C@@H](C)c1ccc2c(c1)CCC2)N(c1ccc(C)cc1)S(C)(=O)=O. The third-order valence-corrected chi connectivity index (χ3v) is 6.78. The maximum Gasteiger partial charge on any atom is 0.244 e. The molecule has 6 heteroatoms. The number of fused-ring (bicyclic) bond motifs is 1. The minimum absolute atomic E-state index is 0.193. The minimum atomic E-state index is -3.62. The van der Waals surface area contributed by atoms with Crippen LogP contribution in [0.4, 0.5) is 5.69 Å². The molecule has 1 aliphatic carbocycles. The molecule has 0 unspecified atom stereocenters. The van der Waals surface area contributed by atoms with Crippen molar-refractivity contribution in [1.82, 2.24) is 5.32 Å². The van der Waals surface area contributed by atoms with Gasteiger partial charge in [0.25, 0.3) is 0 Å². The Morgan fingerprint density at radius 3 is 2.38 bits per heavy atom. The standard InChI is InChI=1S/C23H30N2O3S/c1-5-22(25(29(4,27)28)21-13-9-16(2)10-14-21)23(26)24-17(3)19-12-11-18-7-6-8-20(18)15-19/h9-15,17,22H,5-8H2,1-4H3,(H,24,26)/t17-,22+/m0/s1. The van der Waals surface area contributed by atoms with Crippen LogP contribution in [0.2, 0.25) is 0 Å². The highest BCUT2D eigenvalue weighted by Crippen LogP contribution is 2.27. The lowest BCUT2D eigenvalue weighted by molar-refractivity contribution is -0.122. The van der Waals surface area contributed by atoms with Crippen molar-refractivity contribution in [2.45, 2.75) is 58.5 Å². The molecule has 0 aromatic heterocycles. The van der Waals surface area contributed by atoms with Crippen LogP contribution in [0.5, 0.6) is 0 Å². The Bertz CT molecular complexity index is 984. The molecule has 0 bridgehead atoms. The topological polar surface area (TPSA) is 66.5 Å². The Hall–Kier alpha value is -2.34. The molecule has 0 spiro atoms. The van der Waals surface area contributed by atoms with Crippen LogP contribution < -0.4 is 9.62 Å². The Balaban J connectivity index is 1.83. The number of hydrogen-bond donors (Lipinski definition) is 1. The van der Waals surface area contributed by atoms with Gasteiger partial charge in [-0.3, -0.25) is 9.10 Å². The fourth-order valence-corrected chi connectivity index (χ4v) is 5.22. The van der Waals surface area contributed by atoms with Gasteiger partial charge in [0.05, 0.1) is 18.0 Å². The fraction of sp³-hybridized carbons (Fsp3) is 0.435. The highest BCUT2D eigenvalue weighted by Gasteiger charge is 2.32. The second-order valence-corrected chi connectivity index (χ2v) is 9.79. The quantitative estimate of drug-likeness (QED) is 0.747. The van der Waals surface area contributed by atoms with E-state index in [-0.39, 0.29) is 11.9 Å². The molecule has 29 heavy (non-hydrogen) atoms. The summed E-state index contributed by atoms with van der Waals surface area (Å²) < 4.78 is 26.3. The highest BCUT2D eigenvalue weighted by molar-refractivity contribution is 7.92. The van der Waals surface area contributed by atoms with Crippen molar-refractivity contribution >= 4 is 21.6 Å². The lowest BCUT2D eigenvalue weighted by Gasteiger charge is -2.31. The number of hydrogen-bond acceptors (Lipinski definition) is 3. The first-order valence-electron chi connectivity index (χ1n) is 10.2. The van der Waals surface area contributed by atoms with Gasteiger partial charge in [-0.15, -0.1) is 0 Å². The van der Waals surface area contributed by atoms with Crippen LogP contribution in [0.3, 0.4) is 0 Å². The number of sulfonamides is 1. The van der Waals surface area contributed by atoms with Crippen LogP contribution in [0.1, 0.15) is 55.0 Å². The van der Waals surface area contributed by atoms with Crippen molar-refractivity contribution in [3.8, 4) is 0 Å². The molecular formula is C23H30N2O3S. The summed E-state index contributed by atoms with van der Waals surface area (Å²) in [6, 6.07) is 12.6. The number of anilines is 1. The first-order chi connectivity index (χ1) is 13.7. The van der Waals surface area contributed by atoms with Crippen LogP contribution in [-0.4, -0.2) is 26.6 Å². The molecule has 0 heterocycles. The van der Waals surface area contributed by atoms with Crippen molar-refractivity contribution in [2.75, 3.05) is 10.6 Å². The van der Waals surface area contributed by atoms with E-state index in [1.807, 2.05) is 32.9 Å². The van der Waals surface area contributed by atoms with Crippen LogP contribution in [0, 0.1) is 6.92 Å². The summed E-state index contributed by atoms with van der Waals surface area (Å²) >= 11 is 0. The number of amides is 1. The summed E-state index contributed by atoms with van der Waals surface area (Å²) in [4.78, 5) is 13.1. The van der Waals surface area contributed by atoms with Gasteiger partial charge in [0.1, 0.15) is 6.04 Å². The minimum Gasteiger partial charge on any atom is -0.348 e. The van der Waals surface area contributed by atoms with E-state index in [0.29, 0.717) is 12.1 Å². The molecular weight excluding hydrogens is 384 g/mol. The van der Waals surface area contributed by atoms with Gasteiger partial charge in [-0.05, 0) is 68.4 Å². The first kappa shape index (κ1) is 21.4. The summed E-state index contributed by atoms with van der Waals surface area (Å²) in [5.74, 6) is -0.286. The summed E-state index contributed by atoms with van der Waals surface area (Å²) in [5, 5.41) is 3.03. The van der Waals surface area contributed by atoms with Crippen LogP contribution in [0.15, 0.2) is 42.5 Å². The third kappa shape index (κ3) is 4.81. The average Bonchev–Trinajstić information content (AvgIpc) is 3.13. The van der Waals surface area contributed by atoms with Crippen molar-refractivity contribution in [1.29, 1.82) is 0 Å². The van der Waals surface area contributed by atoms with Gasteiger partial charge in [-0.25, -0.2) is 8.42 Å². The van der Waals surface area contributed by atoms with E-state index in [9.17, 15) is 13.2 Å². The Morgan fingerprint density at radius 1 is 1.10 bits per heavy atom. The van der Waals surface area contributed by atoms with Crippen LogP contribution in [0.25, 0.3) is 0 Å². The zero-order valence-electron chi connectivity index (χ0n) is 17.6. The molecule has 1 N–H and O–H groups in total. The molecule has 0 aliphatic heterocycles. The fourth-order valence-electron chi connectivity index (χ4n) is 4.01. The Kier molecular flexibility index (Phi) is 6.32. The zero-order valence-corrected chi connectivity index (χ0v) is 18.4. The van der Waals surface area contributed by atoms with Gasteiger partial charge in [0.15, 0.2) is 0 Å². The lowest BCUT2D eigenvalue weighted by Crippen LogP contribution is -2.49. The maximum atomic E-state index is 13.1. The van der Waals surface area contributed by atoms with Gasteiger partial charge >= 0.3 is 0 Å². The van der Waals surface area contributed by atoms with Gasteiger partial charge in [-0.1, -0.05) is 42.8 Å². The number of aryl methyl sites for hydroxylation is 3. The number of carbonyl (C=O) groups is 1. The molecule has 5 nitrogen and oxygen atoms in total. The first-order valence-corrected chi connectivity index (χ1v) is 12.0. The Morgan fingerprint density at radius 2 is 1.76 bits per heavy atom. The predicted molar refractivity (Wildman–Crippen MR) is 118 cm³/mol. The van der Waals surface area contributed by atoms with Gasteiger partial charge < -0.3 is 5.32 Å². The van der Waals surface area contributed by atoms with E-state index < -0.39 is 16.1 Å². The number of rotatable bonds is 7. The molecule has 0 radical (unpaired) electrons. The summed E-state index contributed by atoms with van der Waals surface area (Å²) in [6.45, 7) is 5.71. The lowest BCUT2D eigenvalue weighted by atomic mass is 10.0. The number of nitrogens with zero attached hydrogens (tertiary/aromatic N) is 1. The van der Waals surface area contributed by atoms with Crippen LogP contribution in [-0.2, 0) is 27.7 Å². The van der Waals surface area contributed by atoms with Gasteiger partial charge in [-0.2, -0.15) is 0 Å². The molecule has 2 aromatic rings. The zero-order chi connectivity index (χ0) is 21.2. The molecule has 0 saturated heterocycles. The van der Waals surface area contributed by atoms with E-state index >= 15 is 0 Å². The van der Waals surface area contributed by atoms with E-state index in [1.54, 1.807) is 12.1 Å². The predicted octanol–water partition coefficient (Wildman–Crippen LogP) is 3.91. The smallest absolute Gasteiger partial charge is 0.244 e. The van der Waals surface area contributed by atoms with E-state index in [2.05, 4.69) is 23.5 Å². The summed E-state index contributed by atoms with van der Waals surface area (Å²) in [7, 11) is -3.62. The normalized spacial score (nSPS) is 15.4. The van der Waals surface area contributed by atoms with Gasteiger partial charge in [0.2, 0.25) is 15.9 Å². The largest absolute Gasteiger partial charge is 0.348 e. The maximum absolute atomic E-state index is 13.1. The number of benzene rings is 2. The molecule has 1 amide bonds. The summed E-state index contributed by atoms with van der Waals surface area (Å²) in [5.41, 5.74) is 5.33. The highest BCUT2D eigenvalue weighted by atomic mass is 32.2. The van der Waals surface area contributed by atoms with Crippen LogP contribution >= 0.6 is 0 Å². The van der Waals surface area contributed by atoms with E-state index in [0.717, 1.165) is 30.2 Å². The summed E-state index contributed by atoms with van der Waals surface area (Å²) in [6.07, 6.45) is 4.90. The second-order valence-electron chi connectivity index (χ2n) is 7.93. The van der Waals surface area contributed by atoms with E-state index in [1.165, 1.54) is 21.9 Å². The van der Waals surface area contributed by atoms with E-state index in [4.69, 9.17) is 0 Å². The Labute approximate surface area is 174 Å². The molecule has 3 rings (SSSR count). The van der Waals surface area contributed by atoms with Crippen molar-refractivity contribution in [2.24, 2.45) is 0 Å². The second kappa shape index (κ2) is 8.57. The number of nitrogens with one attached hydrogen (secondary N) is 1. The molecule has 0 saturated carbocycles. The van der Waals surface area contributed by atoms with Crippen molar-refractivity contribution in [3.05, 3.63) is 64.7 Å². The molecule has 156 valence electrons. The van der Waals surface area contributed by atoms with Gasteiger partial charge in [0, 0.05) is 0 Å².